The minimum Gasteiger partial charge on any atom is -0.341 e. The predicted octanol–water partition coefficient (Wildman–Crippen LogP) is 4.26. The van der Waals surface area contributed by atoms with E-state index in [0.717, 1.165) is 12.3 Å². The molecule has 0 N–H and O–H groups in total. The van der Waals surface area contributed by atoms with Crippen molar-refractivity contribution >= 4 is 23.2 Å². The fraction of sp³-hybridized carbons (Fsp3) is 0.857. The van der Waals surface area contributed by atoms with E-state index in [4.69, 9.17) is 32.7 Å². The van der Waals surface area contributed by atoms with Gasteiger partial charge in [-0.1, -0.05) is 13.3 Å². The summed E-state index contributed by atoms with van der Waals surface area (Å²) < 4.78 is 11.2. The van der Waals surface area contributed by atoms with E-state index in [9.17, 15) is 0 Å². The molecule has 4 bridgehead atoms. The molecular formula is C14H20Cl2O2. The van der Waals surface area contributed by atoms with Crippen LogP contribution in [0.2, 0.25) is 0 Å². The second-order valence-electron chi connectivity index (χ2n) is 5.90. The molecule has 1 saturated heterocycles. The largest absolute Gasteiger partial charge is 0.341 e. The molecule has 2 unspecified atom stereocenters. The summed E-state index contributed by atoms with van der Waals surface area (Å²) in [6.45, 7) is 3.79. The Bertz CT molecular complexity index is 292. The lowest BCUT2D eigenvalue weighted by Gasteiger charge is -2.52. The maximum absolute atomic E-state index is 6.25. The lowest BCUT2D eigenvalue weighted by atomic mass is 9.67. The molecule has 102 valence electrons. The van der Waals surface area contributed by atoms with Crippen LogP contribution in [0.3, 0.4) is 0 Å². The van der Waals surface area contributed by atoms with E-state index in [1.54, 1.807) is 0 Å². The first-order chi connectivity index (χ1) is 8.57. The van der Waals surface area contributed by atoms with E-state index in [-0.39, 0.29) is 0 Å². The van der Waals surface area contributed by atoms with Gasteiger partial charge in [0, 0.05) is 12.3 Å². The minimum absolute atomic E-state index is 0.343. The van der Waals surface area contributed by atoms with Gasteiger partial charge in [0.1, 0.15) is 4.33 Å². The van der Waals surface area contributed by atoms with Crippen molar-refractivity contribution < 1.29 is 9.47 Å². The summed E-state index contributed by atoms with van der Waals surface area (Å²) in [5, 5.41) is 0. The fourth-order valence-corrected chi connectivity index (χ4v) is 4.14. The average molecular weight is 291 g/mol. The van der Waals surface area contributed by atoms with Gasteiger partial charge in [0.2, 0.25) is 6.29 Å². The van der Waals surface area contributed by atoms with Crippen LogP contribution in [0.15, 0.2) is 0 Å². The van der Waals surface area contributed by atoms with Gasteiger partial charge >= 0.3 is 0 Å². The fourth-order valence-electron chi connectivity index (χ4n) is 3.66. The summed E-state index contributed by atoms with van der Waals surface area (Å²) in [6.07, 6.45) is 8.14. The lowest BCUT2D eigenvalue weighted by molar-refractivity contribution is -0.243. The molecule has 4 rings (SSSR count). The second kappa shape index (κ2) is 5.12. The van der Waals surface area contributed by atoms with Gasteiger partial charge in [0.15, 0.2) is 0 Å². The first-order valence-electron chi connectivity index (χ1n) is 6.93. The Morgan fingerprint density at radius 2 is 1.83 bits per heavy atom. The van der Waals surface area contributed by atoms with Crippen molar-refractivity contribution in [2.24, 2.45) is 11.8 Å². The van der Waals surface area contributed by atoms with Crippen molar-refractivity contribution in [3.05, 3.63) is 13.2 Å². The van der Waals surface area contributed by atoms with Crippen LogP contribution < -0.4 is 0 Å². The molecular weight excluding hydrogens is 271 g/mol. The molecule has 3 aliphatic carbocycles. The van der Waals surface area contributed by atoms with Crippen molar-refractivity contribution in [1.29, 1.82) is 0 Å². The highest BCUT2D eigenvalue weighted by Crippen LogP contribution is 2.50. The van der Waals surface area contributed by atoms with E-state index in [1.807, 2.05) is 0 Å². The van der Waals surface area contributed by atoms with Crippen LogP contribution in [-0.4, -0.2) is 16.5 Å². The first kappa shape index (κ1) is 13.5. The van der Waals surface area contributed by atoms with Gasteiger partial charge in [-0.2, -0.15) is 0 Å². The number of alkyl halides is 2. The predicted molar refractivity (Wildman–Crippen MR) is 72.1 cm³/mol. The second-order valence-corrected chi connectivity index (χ2v) is 7.54. The van der Waals surface area contributed by atoms with E-state index >= 15 is 0 Å². The van der Waals surface area contributed by atoms with Gasteiger partial charge in [0.05, 0.1) is 12.2 Å². The number of halogens is 2. The standard InChI is InChI=1S/C14H20Cl2O2/c1-2-5-14(15,16)8-13-17-11-6-9-3-4-10(11)12(7-9)18-13/h9-12H,1-8H2. The van der Waals surface area contributed by atoms with Crippen LogP contribution in [0.4, 0.5) is 0 Å². The molecule has 1 heterocycles. The Labute approximate surface area is 119 Å². The Morgan fingerprint density at radius 1 is 1.17 bits per heavy atom. The van der Waals surface area contributed by atoms with Gasteiger partial charge in [-0.3, -0.25) is 0 Å². The van der Waals surface area contributed by atoms with Crippen molar-refractivity contribution in [1.82, 2.24) is 0 Å². The number of rotatable bonds is 4. The third-order valence-electron chi connectivity index (χ3n) is 4.51. The van der Waals surface area contributed by atoms with E-state index in [2.05, 4.69) is 6.92 Å². The van der Waals surface area contributed by atoms with Crippen molar-refractivity contribution in [3.8, 4) is 0 Å². The van der Waals surface area contributed by atoms with Crippen molar-refractivity contribution in [2.75, 3.05) is 0 Å². The third kappa shape index (κ3) is 2.67. The molecule has 18 heavy (non-hydrogen) atoms. The molecule has 4 fully saturated rings. The van der Waals surface area contributed by atoms with Crippen LogP contribution in [0.5, 0.6) is 0 Å². The lowest BCUT2D eigenvalue weighted by Crippen LogP contribution is -2.52. The summed E-state index contributed by atoms with van der Waals surface area (Å²) in [5.74, 6) is 1.38. The number of hydrogen-bond acceptors (Lipinski definition) is 2. The molecule has 4 heteroatoms. The SMILES string of the molecule is [CH2]CCC(Cl)(Cl)C[C]1OC2CC3CCC2C(C3)O1. The Kier molecular flexibility index (Phi) is 3.84. The molecule has 2 atom stereocenters. The zero-order valence-electron chi connectivity index (χ0n) is 10.5. The Morgan fingerprint density at radius 3 is 2.39 bits per heavy atom. The topological polar surface area (TPSA) is 18.5 Å². The maximum atomic E-state index is 6.25. The highest BCUT2D eigenvalue weighted by Gasteiger charge is 2.50. The normalized spacial score (nSPS) is 40.2. The molecule has 0 aromatic rings. The Balaban J connectivity index is 1.61. The van der Waals surface area contributed by atoms with Crippen LogP contribution in [0.1, 0.15) is 44.9 Å². The summed E-state index contributed by atoms with van der Waals surface area (Å²) >= 11 is 12.5. The summed E-state index contributed by atoms with van der Waals surface area (Å²) in [5.41, 5.74) is 0. The van der Waals surface area contributed by atoms with E-state index < -0.39 is 4.33 Å². The summed E-state index contributed by atoms with van der Waals surface area (Å²) in [7, 11) is 0. The maximum Gasteiger partial charge on any atom is 0.227 e. The molecule has 0 spiro atoms. The third-order valence-corrected chi connectivity index (χ3v) is 5.15. The average Bonchev–Trinajstić information content (AvgIpc) is 2.27. The van der Waals surface area contributed by atoms with Crippen LogP contribution in [0, 0.1) is 25.0 Å². The Hall–Kier alpha value is 0.500. The molecule has 1 aliphatic heterocycles. The van der Waals surface area contributed by atoms with Crippen LogP contribution in [0.25, 0.3) is 0 Å². The molecule has 2 radical (unpaired) electrons. The zero-order valence-corrected chi connectivity index (χ0v) is 12.1. The van der Waals surface area contributed by atoms with Crippen molar-refractivity contribution in [2.45, 2.75) is 61.5 Å². The van der Waals surface area contributed by atoms with Crippen molar-refractivity contribution in [3.63, 3.8) is 0 Å². The molecule has 4 aliphatic rings. The molecule has 2 nitrogen and oxygen atoms in total. The molecule has 0 aromatic carbocycles. The number of ether oxygens (including phenoxy) is 2. The number of hydrogen-bond donors (Lipinski definition) is 0. The van der Waals surface area contributed by atoms with Gasteiger partial charge in [-0.25, -0.2) is 0 Å². The quantitative estimate of drug-likeness (QED) is 0.721. The first-order valence-corrected chi connectivity index (χ1v) is 7.69. The van der Waals surface area contributed by atoms with Gasteiger partial charge in [-0.15, -0.1) is 23.2 Å². The minimum atomic E-state index is -0.804. The number of fused-ring (bicyclic) bond motifs is 1. The van der Waals surface area contributed by atoms with Gasteiger partial charge in [0.25, 0.3) is 0 Å². The summed E-state index contributed by atoms with van der Waals surface area (Å²) in [4.78, 5) is 0. The smallest absolute Gasteiger partial charge is 0.227 e. The van der Waals surface area contributed by atoms with Crippen LogP contribution >= 0.6 is 23.2 Å². The zero-order chi connectivity index (χ0) is 12.8. The van der Waals surface area contributed by atoms with E-state index in [1.165, 1.54) is 25.7 Å². The molecule has 0 amide bonds. The highest BCUT2D eigenvalue weighted by molar-refractivity contribution is 6.48. The monoisotopic (exact) mass is 290 g/mol. The molecule has 3 saturated carbocycles. The molecule has 0 aromatic heterocycles. The van der Waals surface area contributed by atoms with Crippen LogP contribution in [-0.2, 0) is 9.47 Å². The van der Waals surface area contributed by atoms with Gasteiger partial charge in [-0.05, 0) is 38.0 Å². The van der Waals surface area contributed by atoms with E-state index in [0.29, 0.717) is 37.3 Å². The summed E-state index contributed by atoms with van der Waals surface area (Å²) in [6, 6.07) is 0. The van der Waals surface area contributed by atoms with Gasteiger partial charge < -0.3 is 9.47 Å². The highest BCUT2D eigenvalue weighted by atomic mass is 35.5.